The number of aliphatic hydroxyl groups is 1. The maximum Gasteiger partial charge on any atom is 0.285 e. The Labute approximate surface area is 120 Å². The number of β-amino-alcohol motifs (C(OH)–C–C–N with tert-alkyl or cyclic N) is 1. The van der Waals surface area contributed by atoms with Crippen LogP contribution in [0.2, 0.25) is 0 Å². The van der Waals surface area contributed by atoms with Crippen LogP contribution in [0, 0.1) is 15.9 Å². The summed E-state index contributed by atoms with van der Waals surface area (Å²) in [6, 6.07) is 1.90. The number of rotatable bonds is 4. The molecule has 114 valence electrons. The molecule has 8 heteroatoms. The van der Waals surface area contributed by atoms with Crippen LogP contribution < -0.4 is 5.32 Å². The van der Waals surface area contributed by atoms with Crippen LogP contribution in [0.5, 0.6) is 0 Å². The van der Waals surface area contributed by atoms with Crippen LogP contribution in [0.25, 0.3) is 0 Å². The third-order valence-corrected chi connectivity index (χ3v) is 3.33. The molecule has 1 saturated heterocycles. The minimum absolute atomic E-state index is 0.0474. The van der Waals surface area contributed by atoms with Crippen molar-refractivity contribution in [2.45, 2.75) is 19.4 Å². The number of carbonyl (C=O) groups is 1. The van der Waals surface area contributed by atoms with E-state index in [1.54, 1.807) is 6.92 Å². The minimum atomic E-state index is -0.779. The molecule has 1 fully saturated rings. The molecule has 1 aromatic carbocycles. The fourth-order valence-corrected chi connectivity index (χ4v) is 2.31. The number of hydrogen-bond donors (Lipinski definition) is 2. The van der Waals surface area contributed by atoms with Crippen molar-refractivity contribution in [2.24, 2.45) is 0 Å². The molecule has 2 N–H and O–H groups in total. The van der Waals surface area contributed by atoms with E-state index >= 15 is 0 Å². The number of nitrogens with one attached hydrogen (secondary N) is 1. The minimum Gasteiger partial charge on any atom is -0.391 e. The number of nitrogens with zero attached hydrogens (tertiary/aromatic N) is 2. The van der Waals surface area contributed by atoms with E-state index in [9.17, 15) is 24.4 Å². The van der Waals surface area contributed by atoms with E-state index in [1.165, 1.54) is 4.90 Å². The molecule has 0 spiro atoms. The van der Waals surface area contributed by atoms with Crippen LogP contribution in [0.4, 0.5) is 15.8 Å². The second kappa shape index (κ2) is 6.04. The summed E-state index contributed by atoms with van der Waals surface area (Å²) in [5.41, 5.74) is -0.696. The van der Waals surface area contributed by atoms with E-state index < -0.39 is 28.4 Å². The zero-order valence-corrected chi connectivity index (χ0v) is 11.5. The summed E-state index contributed by atoms with van der Waals surface area (Å²) in [5, 5.41) is 23.2. The highest BCUT2D eigenvalue weighted by atomic mass is 19.1. The van der Waals surface area contributed by atoms with Crippen LogP contribution in [-0.4, -0.2) is 46.6 Å². The Morgan fingerprint density at radius 3 is 2.86 bits per heavy atom. The molecule has 21 heavy (non-hydrogen) atoms. The van der Waals surface area contributed by atoms with Gasteiger partial charge in [0.05, 0.1) is 22.8 Å². The Bertz CT molecular complexity index is 579. The molecule has 1 heterocycles. The van der Waals surface area contributed by atoms with Gasteiger partial charge in [0.2, 0.25) is 0 Å². The lowest BCUT2D eigenvalue weighted by Crippen LogP contribution is -2.30. The fourth-order valence-electron chi connectivity index (χ4n) is 2.31. The van der Waals surface area contributed by atoms with Crippen molar-refractivity contribution in [3.8, 4) is 0 Å². The number of benzene rings is 1. The summed E-state index contributed by atoms with van der Waals surface area (Å²) in [4.78, 5) is 23.9. The van der Waals surface area contributed by atoms with Gasteiger partial charge in [0.25, 0.3) is 11.6 Å². The number of likely N-dealkylation sites (tertiary alicyclic amines) is 1. The summed E-state index contributed by atoms with van der Waals surface area (Å²) in [5.74, 6) is -1.35. The number of hydrogen-bond acceptors (Lipinski definition) is 5. The number of aliphatic hydroxyl groups excluding tert-OH is 1. The van der Waals surface area contributed by atoms with Crippen molar-refractivity contribution in [2.75, 3.05) is 25.0 Å². The molecule has 2 rings (SSSR count). The van der Waals surface area contributed by atoms with Gasteiger partial charge in [-0.25, -0.2) is 4.39 Å². The van der Waals surface area contributed by atoms with Gasteiger partial charge < -0.3 is 15.3 Å². The van der Waals surface area contributed by atoms with Crippen molar-refractivity contribution in [3.63, 3.8) is 0 Å². The molecule has 1 aliphatic heterocycles. The highest BCUT2D eigenvalue weighted by molar-refractivity contribution is 5.99. The summed E-state index contributed by atoms with van der Waals surface area (Å²) in [6.45, 7) is 2.62. The molecule has 1 atom stereocenters. The topological polar surface area (TPSA) is 95.7 Å². The van der Waals surface area contributed by atoms with Gasteiger partial charge in [-0.05, 0) is 19.4 Å². The molecule has 0 saturated carbocycles. The predicted molar refractivity (Wildman–Crippen MR) is 73.7 cm³/mol. The lowest BCUT2D eigenvalue weighted by Gasteiger charge is -2.16. The van der Waals surface area contributed by atoms with Crippen molar-refractivity contribution in [1.82, 2.24) is 4.90 Å². The maximum atomic E-state index is 13.7. The van der Waals surface area contributed by atoms with E-state index in [0.717, 1.165) is 12.1 Å². The summed E-state index contributed by atoms with van der Waals surface area (Å²) < 4.78 is 13.7. The zero-order chi connectivity index (χ0) is 15.6. The van der Waals surface area contributed by atoms with Gasteiger partial charge in [-0.3, -0.25) is 14.9 Å². The van der Waals surface area contributed by atoms with Crippen LogP contribution in [0.1, 0.15) is 23.7 Å². The molecule has 1 unspecified atom stereocenters. The van der Waals surface area contributed by atoms with Crippen LogP contribution in [0.15, 0.2) is 12.1 Å². The smallest absolute Gasteiger partial charge is 0.285 e. The van der Waals surface area contributed by atoms with E-state index in [4.69, 9.17) is 0 Å². The molecule has 0 bridgehead atoms. The number of halogens is 1. The summed E-state index contributed by atoms with van der Waals surface area (Å²) in [7, 11) is 0. The van der Waals surface area contributed by atoms with Gasteiger partial charge in [0.15, 0.2) is 5.82 Å². The first-order chi connectivity index (χ1) is 9.93. The predicted octanol–water partition coefficient (Wildman–Crippen LogP) is 1.37. The highest BCUT2D eigenvalue weighted by Gasteiger charge is 2.31. The lowest BCUT2D eigenvalue weighted by molar-refractivity contribution is -0.385. The van der Waals surface area contributed by atoms with Gasteiger partial charge in [-0.2, -0.15) is 0 Å². The van der Waals surface area contributed by atoms with Gasteiger partial charge in [-0.15, -0.1) is 0 Å². The molecule has 7 nitrogen and oxygen atoms in total. The molecule has 0 aromatic heterocycles. The van der Waals surface area contributed by atoms with Gasteiger partial charge in [0.1, 0.15) is 5.56 Å². The van der Waals surface area contributed by atoms with E-state index in [0.29, 0.717) is 19.5 Å². The standard InChI is InChI=1S/C13H16FN3O4/c1-2-15-11-5-9(12(17(20)21)6-10(11)14)13(19)16-4-3-8(18)7-16/h5-6,8,15,18H,2-4,7H2,1H3. The fraction of sp³-hybridized carbons (Fsp3) is 0.462. The molecule has 1 aromatic rings. The van der Waals surface area contributed by atoms with Gasteiger partial charge in [-0.1, -0.05) is 0 Å². The normalized spacial score (nSPS) is 17.9. The van der Waals surface area contributed by atoms with Crippen molar-refractivity contribution in [3.05, 3.63) is 33.6 Å². The Morgan fingerprint density at radius 2 is 2.33 bits per heavy atom. The third-order valence-electron chi connectivity index (χ3n) is 3.33. The number of anilines is 1. The molecular weight excluding hydrogens is 281 g/mol. The number of amides is 1. The Morgan fingerprint density at radius 1 is 1.62 bits per heavy atom. The first-order valence-electron chi connectivity index (χ1n) is 6.63. The average Bonchev–Trinajstić information content (AvgIpc) is 2.86. The van der Waals surface area contributed by atoms with Gasteiger partial charge in [0, 0.05) is 19.6 Å². The summed E-state index contributed by atoms with van der Waals surface area (Å²) >= 11 is 0. The quantitative estimate of drug-likeness (QED) is 0.646. The largest absolute Gasteiger partial charge is 0.391 e. The first-order valence-corrected chi connectivity index (χ1v) is 6.63. The van der Waals surface area contributed by atoms with Crippen LogP contribution in [0.3, 0.4) is 0 Å². The second-order valence-electron chi connectivity index (χ2n) is 4.83. The number of nitro groups is 1. The van der Waals surface area contributed by atoms with E-state index in [-0.39, 0.29) is 17.8 Å². The lowest BCUT2D eigenvalue weighted by atomic mass is 10.1. The molecule has 1 amide bonds. The maximum absolute atomic E-state index is 13.7. The number of nitro benzene ring substituents is 1. The number of carbonyl (C=O) groups excluding carboxylic acids is 1. The summed E-state index contributed by atoms with van der Waals surface area (Å²) in [6.07, 6.45) is -0.192. The van der Waals surface area contributed by atoms with E-state index in [2.05, 4.69) is 5.32 Å². The molecule has 0 radical (unpaired) electrons. The SMILES string of the molecule is CCNc1cc(C(=O)N2CCC(O)C2)c([N+](=O)[O-])cc1F. The van der Waals surface area contributed by atoms with Crippen LogP contribution in [-0.2, 0) is 0 Å². The third kappa shape index (κ3) is 3.10. The van der Waals surface area contributed by atoms with Crippen molar-refractivity contribution in [1.29, 1.82) is 0 Å². The average molecular weight is 297 g/mol. The van der Waals surface area contributed by atoms with Gasteiger partial charge >= 0.3 is 0 Å². The van der Waals surface area contributed by atoms with Crippen LogP contribution >= 0.6 is 0 Å². The highest BCUT2D eigenvalue weighted by Crippen LogP contribution is 2.28. The van der Waals surface area contributed by atoms with Crippen molar-refractivity contribution < 1.29 is 19.2 Å². The Hall–Kier alpha value is -2.22. The Balaban J connectivity index is 2.41. The molecule has 1 aliphatic rings. The Kier molecular flexibility index (Phi) is 4.37. The first kappa shape index (κ1) is 15.2. The van der Waals surface area contributed by atoms with Crippen molar-refractivity contribution >= 4 is 17.3 Å². The monoisotopic (exact) mass is 297 g/mol. The van der Waals surface area contributed by atoms with E-state index in [1.807, 2.05) is 0 Å². The second-order valence-corrected chi connectivity index (χ2v) is 4.83. The molecular formula is C13H16FN3O4. The zero-order valence-electron chi connectivity index (χ0n) is 11.5. The molecule has 0 aliphatic carbocycles.